The van der Waals surface area contributed by atoms with Crippen molar-refractivity contribution < 1.29 is 0 Å². The van der Waals surface area contributed by atoms with Crippen molar-refractivity contribution in [3.63, 3.8) is 0 Å². The van der Waals surface area contributed by atoms with E-state index in [4.69, 9.17) is 0 Å². The molecule has 0 amide bonds. The van der Waals surface area contributed by atoms with E-state index in [1.165, 1.54) is 16.6 Å². The SMILES string of the molecule is CCc1cn2ccccc2c1C(C)(C)C. The molecule has 1 heteroatoms. The Kier molecular flexibility index (Phi) is 2.34. The molecule has 1 nitrogen and oxygen atoms in total. The third-order valence-electron chi connectivity index (χ3n) is 2.89. The Labute approximate surface area is 91.7 Å². The lowest BCUT2D eigenvalue weighted by Gasteiger charge is -2.20. The average Bonchev–Trinajstić information content (AvgIpc) is 2.54. The van der Waals surface area contributed by atoms with Crippen LogP contribution in [0.1, 0.15) is 38.8 Å². The number of pyridine rings is 1. The molecule has 0 aliphatic carbocycles. The van der Waals surface area contributed by atoms with Gasteiger partial charge in [-0.2, -0.15) is 0 Å². The molecule has 0 aliphatic heterocycles. The third kappa shape index (κ3) is 1.67. The van der Waals surface area contributed by atoms with Crippen molar-refractivity contribution in [3.8, 4) is 0 Å². The first-order valence-corrected chi connectivity index (χ1v) is 5.63. The summed E-state index contributed by atoms with van der Waals surface area (Å²) in [7, 11) is 0. The van der Waals surface area contributed by atoms with E-state index < -0.39 is 0 Å². The number of nitrogens with zero attached hydrogens (tertiary/aromatic N) is 1. The van der Waals surface area contributed by atoms with Crippen LogP contribution in [-0.2, 0) is 11.8 Å². The molecule has 0 saturated heterocycles. The minimum Gasteiger partial charge on any atom is -0.323 e. The molecule has 0 bridgehead atoms. The van der Waals surface area contributed by atoms with Gasteiger partial charge in [-0.15, -0.1) is 0 Å². The minimum absolute atomic E-state index is 0.224. The summed E-state index contributed by atoms with van der Waals surface area (Å²) in [5, 5.41) is 0. The second-order valence-corrected chi connectivity index (χ2v) is 5.13. The van der Waals surface area contributed by atoms with E-state index in [9.17, 15) is 0 Å². The number of hydrogen-bond donors (Lipinski definition) is 0. The molecular weight excluding hydrogens is 182 g/mol. The van der Waals surface area contributed by atoms with Gasteiger partial charge >= 0.3 is 0 Å². The molecule has 0 saturated carbocycles. The molecule has 0 fully saturated rings. The highest BCUT2D eigenvalue weighted by Crippen LogP contribution is 2.31. The first-order chi connectivity index (χ1) is 7.04. The summed E-state index contributed by atoms with van der Waals surface area (Å²) in [5.41, 5.74) is 4.53. The molecule has 2 aromatic rings. The normalized spacial score (nSPS) is 12.3. The van der Waals surface area contributed by atoms with Gasteiger partial charge in [-0.05, 0) is 35.1 Å². The van der Waals surface area contributed by atoms with Crippen LogP contribution in [0.15, 0.2) is 30.6 Å². The second-order valence-electron chi connectivity index (χ2n) is 5.13. The molecule has 0 aliphatic rings. The van der Waals surface area contributed by atoms with Gasteiger partial charge in [-0.1, -0.05) is 33.8 Å². The Balaban J connectivity index is 2.79. The predicted octanol–water partition coefficient (Wildman–Crippen LogP) is 3.80. The van der Waals surface area contributed by atoms with E-state index in [-0.39, 0.29) is 5.41 Å². The molecule has 0 aromatic carbocycles. The highest BCUT2D eigenvalue weighted by Gasteiger charge is 2.21. The van der Waals surface area contributed by atoms with Crippen LogP contribution in [0.4, 0.5) is 0 Å². The summed E-state index contributed by atoms with van der Waals surface area (Å²) in [6, 6.07) is 6.41. The highest BCUT2D eigenvalue weighted by atomic mass is 14.9. The van der Waals surface area contributed by atoms with Crippen LogP contribution in [0.5, 0.6) is 0 Å². The molecule has 0 atom stereocenters. The molecule has 0 unspecified atom stereocenters. The summed E-state index contributed by atoms with van der Waals surface area (Å²) in [4.78, 5) is 0. The molecule has 15 heavy (non-hydrogen) atoms. The molecule has 0 N–H and O–H groups in total. The van der Waals surface area contributed by atoms with E-state index in [0.717, 1.165) is 6.42 Å². The monoisotopic (exact) mass is 201 g/mol. The quantitative estimate of drug-likeness (QED) is 0.661. The van der Waals surface area contributed by atoms with E-state index in [0.29, 0.717) is 0 Å². The van der Waals surface area contributed by atoms with Crippen LogP contribution in [0.3, 0.4) is 0 Å². The predicted molar refractivity (Wildman–Crippen MR) is 65.5 cm³/mol. The second kappa shape index (κ2) is 3.41. The Morgan fingerprint density at radius 3 is 2.53 bits per heavy atom. The zero-order valence-corrected chi connectivity index (χ0v) is 10.0. The van der Waals surface area contributed by atoms with Crippen LogP contribution in [0, 0.1) is 0 Å². The number of aromatic nitrogens is 1. The number of hydrogen-bond acceptors (Lipinski definition) is 0. The van der Waals surface area contributed by atoms with Gasteiger partial charge in [0.15, 0.2) is 0 Å². The number of aryl methyl sites for hydroxylation is 1. The summed E-state index contributed by atoms with van der Waals surface area (Å²) in [6.45, 7) is 9.08. The maximum atomic E-state index is 2.29. The van der Waals surface area contributed by atoms with Gasteiger partial charge in [0.2, 0.25) is 0 Å². The zero-order valence-electron chi connectivity index (χ0n) is 10.0. The first kappa shape index (κ1) is 10.3. The third-order valence-corrected chi connectivity index (χ3v) is 2.89. The number of rotatable bonds is 1. The van der Waals surface area contributed by atoms with Crippen molar-refractivity contribution in [3.05, 3.63) is 41.7 Å². The fourth-order valence-corrected chi connectivity index (χ4v) is 2.31. The number of fused-ring (bicyclic) bond motifs is 1. The van der Waals surface area contributed by atoms with Crippen molar-refractivity contribution in [2.24, 2.45) is 0 Å². The molecule has 2 aromatic heterocycles. The van der Waals surface area contributed by atoms with E-state index in [1.807, 2.05) is 0 Å². The van der Waals surface area contributed by atoms with E-state index in [2.05, 4.69) is 62.7 Å². The molecule has 80 valence electrons. The average molecular weight is 201 g/mol. The smallest absolute Gasteiger partial charge is 0.0490 e. The van der Waals surface area contributed by atoms with Gasteiger partial charge in [-0.3, -0.25) is 0 Å². The van der Waals surface area contributed by atoms with Crippen LogP contribution < -0.4 is 0 Å². The van der Waals surface area contributed by atoms with Crippen molar-refractivity contribution in [1.82, 2.24) is 4.40 Å². The van der Waals surface area contributed by atoms with Crippen LogP contribution in [0.2, 0.25) is 0 Å². The lowest BCUT2D eigenvalue weighted by molar-refractivity contribution is 0.590. The van der Waals surface area contributed by atoms with Gasteiger partial charge in [0.05, 0.1) is 0 Å². The molecule has 0 spiro atoms. The first-order valence-electron chi connectivity index (χ1n) is 5.63. The summed E-state index contributed by atoms with van der Waals surface area (Å²) in [6.07, 6.45) is 5.49. The molecule has 0 radical (unpaired) electrons. The van der Waals surface area contributed by atoms with Gasteiger partial charge < -0.3 is 4.40 Å². The topological polar surface area (TPSA) is 4.41 Å². The Morgan fingerprint density at radius 2 is 1.93 bits per heavy atom. The summed E-state index contributed by atoms with van der Waals surface area (Å²) in [5.74, 6) is 0. The van der Waals surface area contributed by atoms with E-state index >= 15 is 0 Å². The van der Waals surface area contributed by atoms with Gasteiger partial charge in [0.25, 0.3) is 0 Å². The Morgan fingerprint density at radius 1 is 1.20 bits per heavy atom. The highest BCUT2D eigenvalue weighted by molar-refractivity contribution is 5.62. The van der Waals surface area contributed by atoms with Crippen LogP contribution in [-0.4, -0.2) is 4.40 Å². The Bertz CT molecular complexity index is 472. The summed E-state index contributed by atoms with van der Waals surface area (Å²) < 4.78 is 2.24. The molecule has 2 heterocycles. The van der Waals surface area contributed by atoms with E-state index in [1.54, 1.807) is 0 Å². The maximum absolute atomic E-state index is 2.29. The van der Waals surface area contributed by atoms with Gasteiger partial charge in [0, 0.05) is 17.9 Å². The van der Waals surface area contributed by atoms with Crippen LogP contribution in [0.25, 0.3) is 5.52 Å². The molecular formula is C14H19N. The van der Waals surface area contributed by atoms with Gasteiger partial charge in [0.1, 0.15) is 0 Å². The fourth-order valence-electron chi connectivity index (χ4n) is 2.31. The minimum atomic E-state index is 0.224. The zero-order chi connectivity index (χ0) is 11.1. The van der Waals surface area contributed by atoms with Crippen molar-refractivity contribution in [2.45, 2.75) is 39.5 Å². The summed E-state index contributed by atoms with van der Waals surface area (Å²) >= 11 is 0. The Hall–Kier alpha value is -1.24. The maximum Gasteiger partial charge on any atom is 0.0490 e. The largest absolute Gasteiger partial charge is 0.323 e. The lowest BCUT2D eigenvalue weighted by atomic mass is 9.84. The van der Waals surface area contributed by atoms with Crippen molar-refractivity contribution >= 4 is 5.52 Å². The lowest BCUT2D eigenvalue weighted by Crippen LogP contribution is -2.12. The van der Waals surface area contributed by atoms with Crippen molar-refractivity contribution in [2.75, 3.05) is 0 Å². The standard InChI is InChI=1S/C14H19N/c1-5-11-10-15-9-7-6-8-12(15)13(11)14(2,3)4/h6-10H,5H2,1-4H3. The fraction of sp³-hybridized carbons (Fsp3) is 0.429. The molecule has 2 rings (SSSR count). The van der Waals surface area contributed by atoms with Crippen molar-refractivity contribution in [1.29, 1.82) is 0 Å². The van der Waals surface area contributed by atoms with Gasteiger partial charge in [-0.25, -0.2) is 0 Å². The van der Waals surface area contributed by atoms with Crippen LogP contribution >= 0.6 is 0 Å².